The van der Waals surface area contributed by atoms with Gasteiger partial charge in [0.25, 0.3) is 0 Å². The standard InChI is InChI=1S/C25H26Cl2FN5O/c1-15(19-6-5-18(26)14-20(19)27)33-23-13-17(12-21(28)24(23)30-31-33)16-7-10-32(11-8-16)25(34)22-4-2-3-9-29-22/h5-7,12-15,22,29H,2-4,8-11H2,1H3/t15?,22-/m1/s1. The lowest BCUT2D eigenvalue weighted by Crippen LogP contribution is -2.49. The molecule has 3 heterocycles. The molecule has 1 saturated heterocycles. The number of hydrogen-bond acceptors (Lipinski definition) is 4. The molecule has 9 heteroatoms. The molecule has 5 rings (SSSR count). The number of piperidine rings is 1. The highest BCUT2D eigenvalue weighted by Crippen LogP contribution is 2.32. The molecule has 0 radical (unpaired) electrons. The number of aromatic nitrogens is 3. The largest absolute Gasteiger partial charge is 0.337 e. The molecule has 0 spiro atoms. The molecular weight excluding hydrogens is 476 g/mol. The lowest BCUT2D eigenvalue weighted by molar-refractivity contribution is -0.133. The first-order valence-corrected chi connectivity index (χ1v) is 12.4. The molecule has 0 saturated carbocycles. The number of carbonyl (C=O) groups excluding carboxylic acids is 1. The molecule has 2 atom stereocenters. The summed E-state index contributed by atoms with van der Waals surface area (Å²) in [6.45, 7) is 3.99. The highest BCUT2D eigenvalue weighted by atomic mass is 35.5. The maximum Gasteiger partial charge on any atom is 0.239 e. The van der Waals surface area contributed by atoms with Gasteiger partial charge in [0.15, 0.2) is 5.82 Å². The van der Waals surface area contributed by atoms with E-state index in [1.54, 1.807) is 16.8 Å². The minimum absolute atomic E-state index is 0.0842. The van der Waals surface area contributed by atoms with Crippen LogP contribution in [0.3, 0.4) is 0 Å². The van der Waals surface area contributed by atoms with Crippen molar-refractivity contribution in [2.45, 2.75) is 44.7 Å². The molecule has 6 nitrogen and oxygen atoms in total. The zero-order valence-electron chi connectivity index (χ0n) is 18.9. The average molecular weight is 502 g/mol. The van der Waals surface area contributed by atoms with E-state index in [9.17, 15) is 4.79 Å². The van der Waals surface area contributed by atoms with Crippen molar-refractivity contribution in [3.05, 3.63) is 63.4 Å². The van der Waals surface area contributed by atoms with Crippen molar-refractivity contribution in [2.75, 3.05) is 19.6 Å². The molecule has 0 aliphatic carbocycles. The predicted molar refractivity (Wildman–Crippen MR) is 133 cm³/mol. The number of fused-ring (bicyclic) bond motifs is 1. The molecule has 1 unspecified atom stereocenters. The average Bonchev–Trinajstić information content (AvgIpc) is 3.28. The SMILES string of the molecule is CC(c1ccc(Cl)cc1Cl)n1nnc2c(F)cc(C3=CCN(C(=O)[C@H]4CCCCN4)CC3)cc21. The quantitative estimate of drug-likeness (QED) is 0.530. The third-order valence-electron chi connectivity index (χ3n) is 6.81. The van der Waals surface area contributed by atoms with E-state index in [0.717, 1.165) is 42.5 Å². The van der Waals surface area contributed by atoms with E-state index in [2.05, 4.69) is 15.6 Å². The fraction of sp³-hybridized carbons (Fsp3) is 0.400. The number of hydrogen-bond donors (Lipinski definition) is 1. The third kappa shape index (κ3) is 4.44. The van der Waals surface area contributed by atoms with Crippen LogP contribution in [-0.2, 0) is 4.79 Å². The number of nitrogens with zero attached hydrogens (tertiary/aromatic N) is 4. The van der Waals surface area contributed by atoms with Gasteiger partial charge in [-0.2, -0.15) is 0 Å². The van der Waals surface area contributed by atoms with E-state index in [0.29, 0.717) is 35.1 Å². The van der Waals surface area contributed by atoms with Crippen LogP contribution < -0.4 is 5.32 Å². The van der Waals surface area contributed by atoms with Crippen LogP contribution in [0.5, 0.6) is 0 Å². The van der Waals surface area contributed by atoms with Gasteiger partial charge in [-0.1, -0.05) is 47.0 Å². The predicted octanol–water partition coefficient (Wildman–Crippen LogP) is 5.24. The van der Waals surface area contributed by atoms with E-state index >= 15 is 4.39 Å². The highest BCUT2D eigenvalue weighted by Gasteiger charge is 2.27. The van der Waals surface area contributed by atoms with Gasteiger partial charge in [-0.3, -0.25) is 4.79 Å². The summed E-state index contributed by atoms with van der Waals surface area (Å²) in [5, 5.41) is 12.7. The molecule has 2 aliphatic rings. The summed E-state index contributed by atoms with van der Waals surface area (Å²) in [6.07, 6.45) is 5.79. The van der Waals surface area contributed by atoms with Gasteiger partial charge in [0.2, 0.25) is 5.91 Å². The van der Waals surface area contributed by atoms with Crippen molar-refractivity contribution >= 4 is 45.7 Å². The van der Waals surface area contributed by atoms with Gasteiger partial charge in [-0.25, -0.2) is 9.07 Å². The molecular formula is C25H26Cl2FN5O. The molecule has 1 amide bonds. The van der Waals surface area contributed by atoms with Crippen molar-refractivity contribution in [1.29, 1.82) is 0 Å². The smallest absolute Gasteiger partial charge is 0.239 e. The van der Waals surface area contributed by atoms with Crippen molar-refractivity contribution in [1.82, 2.24) is 25.2 Å². The monoisotopic (exact) mass is 501 g/mol. The zero-order chi connectivity index (χ0) is 23.8. The number of halogens is 3. The van der Waals surface area contributed by atoms with E-state index in [-0.39, 0.29) is 23.5 Å². The second-order valence-corrected chi connectivity index (χ2v) is 9.81. The highest BCUT2D eigenvalue weighted by molar-refractivity contribution is 6.35. The van der Waals surface area contributed by atoms with E-state index < -0.39 is 5.82 Å². The van der Waals surface area contributed by atoms with Gasteiger partial charge >= 0.3 is 0 Å². The topological polar surface area (TPSA) is 63.1 Å². The van der Waals surface area contributed by atoms with Crippen LogP contribution in [0.4, 0.5) is 4.39 Å². The van der Waals surface area contributed by atoms with Gasteiger partial charge in [-0.05, 0) is 73.7 Å². The van der Waals surface area contributed by atoms with E-state index in [4.69, 9.17) is 23.2 Å². The molecule has 1 fully saturated rings. The number of nitrogens with one attached hydrogen (secondary N) is 1. The van der Waals surface area contributed by atoms with Gasteiger partial charge < -0.3 is 10.2 Å². The molecule has 0 bridgehead atoms. The normalized spacial score (nSPS) is 19.8. The maximum absolute atomic E-state index is 15.0. The lowest BCUT2D eigenvalue weighted by Gasteiger charge is -2.32. The van der Waals surface area contributed by atoms with Crippen LogP contribution in [0.25, 0.3) is 16.6 Å². The number of carbonyl (C=O) groups is 1. The fourth-order valence-corrected chi connectivity index (χ4v) is 5.42. The van der Waals surface area contributed by atoms with E-state index in [1.807, 2.05) is 30.0 Å². The Kier molecular flexibility index (Phi) is 6.60. The molecule has 2 aliphatic heterocycles. The van der Waals surface area contributed by atoms with Gasteiger partial charge in [-0.15, -0.1) is 5.10 Å². The van der Waals surface area contributed by atoms with Crippen molar-refractivity contribution in [2.24, 2.45) is 0 Å². The Hall–Kier alpha value is -2.48. The Bertz CT molecular complexity index is 1270. The third-order valence-corrected chi connectivity index (χ3v) is 7.37. The molecule has 34 heavy (non-hydrogen) atoms. The van der Waals surface area contributed by atoms with Crippen LogP contribution in [0, 0.1) is 5.82 Å². The van der Waals surface area contributed by atoms with Crippen LogP contribution in [0.15, 0.2) is 36.4 Å². The Morgan fingerprint density at radius 3 is 2.79 bits per heavy atom. The Morgan fingerprint density at radius 2 is 2.09 bits per heavy atom. The Morgan fingerprint density at radius 1 is 1.24 bits per heavy atom. The van der Waals surface area contributed by atoms with Crippen LogP contribution in [-0.4, -0.2) is 51.5 Å². The van der Waals surface area contributed by atoms with Gasteiger partial charge in [0.05, 0.1) is 17.6 Å². The summed E-state index contributed by atoms with van der Waals surface area (Å²) < 4.78 is 16.7. The van der Waals surface area contributed by atoms with Crippen molar-refractivity contribution in [3.63, 3.8) is 0 Å². The second kappa shape index (κ2) is 9.64. The first-order chi connectivity index (χ1) is 16.4. The summed E-state index contributed by atoms with van der Waals surface area (Å²) in [4.78, 5) is 14.7. The molecule has 178 valence electrons. The first-order valence-electron chi connectivity index (χ1n) is 11.6. The first kappa shape index (κ1) is 23.3. The van der Waals surface area contributed by atoms with Crippen molar-refractivity contribution in [3.8, 4) is 0 Å². The number of amides is 1. The van der Waals surface area contributed by atoms with Crippen LogP contribution in [0.1, 0.15) is 49.8 Å². The van der Waals surface area contributed by atoms with Gasteiger partial charge in [0, 0.05) is 23.1 Å². The minimum Gasteiger partial charge on any atom is -0.337 e. The summed E-state index contributed by atoms with van der Waals surface area (Å²) >= 11 is 12.4. The minimum atomic E-state index is -0.418. The van der Waals surface area contributed by atoms with E-state index in [1.165, 1.54) is 6.07 Å². The van der Waals surface area contributed by atoms with Crippen LogP contribution >= 0.6 is 23.2 Å². The molecule has 1 N–H and O–H groups in total. The molecule has 1 aromatic heterocycles. The fourth-order valence-electron chi connectivity index (χ4n) is 4.86. The molecule has 3 aromatic rings. The van der Waals surface area contributed by atoms with Crippen molar-refractivity contribution < 1.29 is 9.18 Å². The Labute approximate surface area is 207 Å². The summed E-state index contributed by atoms with van der Waals surface area (Å²) in [6, 6.07) is 8.38. The Balaban J connectivity index is 1.41. The summed E-state index contributed by atoms with van der Waals surface area (Å²) in [5.41, 5.74) is 3.44. The summed E-state index contributed by atoms with van der Waals surface area (Å²) in [7, 11) is 0. The van der Waals surface area contributed by atoms with Gasteiger partial charge in [0.1, 0.15) is 5.52 Å². The molecule has 2 aromatic carbocycles. The van der Waals surface area contributed by atoms with Crippen LogP contribution in [0.2, 0.25) is 10.0 Å². The maximum atomic E-state index is 15.0. The number of benzene rings is 2. The zero-order valence-corrected chi connectivity index (χ0v) is 20.4. The number of rotatable bonds is 4. The second-order valence-electron chi connectivity index (χ2n) is 8.97. The summed E-state index contributed by atoms with van der Waals surface area (Å²) in [5.74, 6) is -0.258. The lowest BCUT2D eigenvalue weighted by atomic mass is 9.97.